The average molecular weight is 392 g/mol. The van der Waals surface area contributed by atoms with Crippen molar-refractivity contribution >= 4 is 0 Å². The van der Waals surface area contributed by atoms with Gasteiger partial charge in [0.2, 0.25) is 0 Å². The SMILES string of the molecule is c1ccc(-c2ccc([C@@H]3O[C@H]3COC(c3ccccc3)c3ccccc3)cc2)cc1. The predicted octanol–water partition coefficient (Wildman–Crippen LogP) is 6.60. The minimum absolute atomic E-state index is 0.0855. The van der Waals surface area contributed by atoms with Crippen molar-refractivity contribution in [1.29, 1.82) is 0 Å². The fourth-order valence-electron chi connectivity index (χ4n) is 3.89. The Morgan fingerprint density at radius 2 is 1.10 bits per heavy atom. The van der Waals surface area contributed by atoms with E-state index in [4.69, 9.17) is 9.47 Å². The fourth-order valence-corrected chi connectivity index (χ4v) is 3.89. The van der Waals surface area contributed by atoms with Gasteiger partial charge in [0, 0.05) is 0 Å². The summed E-state index contributed by atoms with van der Waals surface area (Å²) in [5.74, 6) is 0. The molecule has 0 amide bonds. The summed E-state index contributed by atoms with van der Waals surface area (Å²) in [5, 5.41) is 0. The third-order valence-corrected chi connectivity index (χ3v) is 5.56. The van der Waals surface area contributed by atoms with E-state index in [1.807, 2.05) is 18.2 Å². The Labute approximate surface area is 177 Å². The molecule has 0 aliphatic carbocycles. The van der Waals surface area contributed by atoms with Crippen molar-refractivity contribution in [3.05, 3.63) is 132 Å². The monoisotopic (exact) mass is 392 g/mol. The zero-order valence-electron chi connectivity index (χ0n) is 16.7. The summed E-state index contributed by atoms with van der Waals surface area (Å²) >= 11 is 0. The fraction of sp³-hybridized carbons (Fsp3) is 0.143. The number of ether oxygens (including phenoxy) is 2. The molecule has 5 rings (SSSR count). The van der Waals surface area contributed by atoms with E-state index in [1.54, 1.807) is 0 Å². The molecule has 1 saturated heterocycles. The average Bonchev–Trinajstić information content (AvgIpc) is 3.61. The van der Waals surface area contributed by atoms with Crippen molar-refractivity contribution in [2.45, 2.75) is 18.3 Å². The molecule has 0 bridgehead atoms. The molecule has 0 N–H and O–H groups in total. The molecule has 0 spiro atoms. The van der Waals surface area contributed by atoms with Crippen molar-refractivity contribution in [3.8, 4) is 11.1 Å². The lowest BCUT2D eigenvalue weighted by Crippen LogP contribution is -2.11. The van der Waals surface area contributed by atoms with Gasteiger partial charge in [0.05, 0.1) is 6.61 Å². The molecule has 1 aliphatic heterocycles. The summed E-state index contributed by atoms with van der Waals surface area (Å²) in [6.45, 7) is 0.569. The van der Waals surface area contributed by atoms with Gasteiger partial charge in [-0.05, 0) is 27.8 Å². The molecule has 4 aromatic rings. The zero-order chi connectivity index (χ0) is 20.2. The molecular weight excluding hydrogens is 368 g/mol. The molecule has 1 fully saturated rings. The molecule has 148 valence electrons. The van der Waals surface area contributed by atoms with Gasteiger partial charge in [0.25, 0.3) is 0 Å². The minimum Gasteiger partial charge on any atom is -0.366 e. The highest BCUT2D eigenvalue weighted by Crippen LogP contribution is 2.40. The maximum atomic E-state index is 6.36. The van der Waals surface area contributed by atoms with Crippen molar-refractivity contribution in [1.82, 2.24) is 0 Å². The largest absolute Gasteiger partial charge is 0.366 e. The maximum Gasteiger partial charge on any atom is 0.112 e. The zero-order valence-corrected chi connectivity index (χ0v) is 16.7. The van der Waals surface area contributed by atoms with Crippen LogP contribution in [-0.2, 0) is 9.47 Å². The maximum absolute atomic E-state index is 6.36. The van der Waals surface area contributed by atoms with Gasteiger partial charge < -0.3 is 9.47 Å². The molecule has 30 heavy (non-hydrogen) atoms. The van der Waals surface area contributed by atoms with Crippen LogP contribution < -0.4 is 0 Å². The van der Waals surface area contributed by atoms with Crippen LogP contribution in [0.15, 0.2) is 115 Å². The Hall–Kier alpha value is -3.20. The summed E-state index contributed by atoms with van der Waals surface area (Å²) in [5.41, 5.74) is 5.98. The van der Waals surface area contributed by atoms with E-state index in [9.17, 15) is 0 Å². The molecule has 0 unspecified atom stereocenters. The molecule has 4 aromatic carbocycles. The number of benzene rings is 4. The molecular formula is C28H24O2. The van der Waals surface area contributed by atoms with Gasteiger partial charge in [-0.1, -0.05) is 115 Å². The minimum atomic E-state index is -0.0855. The van der Waals surface area contributed by atoms with Crippen molar-refractivity contribution in [2.24, 2.45) is 0 Å². The second-order valence-corrected chi connectivity index (χ2v) is 7.62. The smallest absolute Gasteiger partial charge is 0.112 e. The van der Waals surface area contributed by atoms with Gasteiger partial charge >= 0.3 is 0 Å². The van der Waals surface area contributed by atoms with Crippen molar-refractivity contribution < 1.29 is 9.47 Å². The van der Waals surface area contributed by atoms with Crippen molar-refractivity contribution in [3.63, 3.8) is 0 Å². The first-order chi connectivity index (χ1) is 14.9. The third-order valence-electron chi connectivity index (χ3n) is 5.56. The number of epoxide rings is 1. The molecule has 1 aliphatic rings. The first-order valence-corrected chi connectivity index (χ1v) is 10.4. The van der Waals surface area contributed by atoms with E-state index < -0.39 is 0 Å². The molecule has 2 heteroatoms. The van der Waals surface area contributed by atoms with Crippen LogP contribution in [0, 0.1) is 0 Å². The predicted molar refractivity (Wildman–Crippen MR) is 120 cm³/mol. The van der Waals surface area contributed by atoms with E-state index in [0.717, 1.165) is 11.1 Å². The Morgan fingerprint density at radius 3 is 1.67 bits per heavy atom. The van der Waals surface area contributed by atoms with Gasteiger partial charge in [-0.15, -0.1) is 0 Å². The van der Waals surface area contributed by atoms with E-state index >= 15 is 0 Å². The van der Waals surface area contributed by atoms with Crippen LogP contribution in [0.2, 0.25) is 0 Å². The van der Waals surface area contributed by atoms with Crippen LogP contribution in [0.1, 0.15) is 28.9 Å². The lowest BCUT2D eigenvalue weighted by atomic mass is 10.0. The highest BCUT2D eigenvalue weighted by atomic mass is 16.6. The van der Waals surface area contributed by atoms with Gasteiger partial charge in [0.15, 0.2) is 0 Å². The van der Waals surface area contributed by atoms with E-state index in [2.05, 4.69) is 97.1 Å². The van der Waals surface area contributed by atoms with Gasteiger partial charge in [0.1, 0.15) is 18.3 Å². The number of rotatable bonds is 7. The van der Waals surface area contributed by atoms with Crippen LogP contribution in [-0.4, -0.2) is 12.7 Å². The van der Waals surface area contributed by atoms with E-state index in [-0.39, 0.29) is 18.3 Å². The van der Waals surface area contributed by atoms with Crippen LogP contribution in [0.4, 0.5) is 0 Å². The van der Waals surface area contributed by atoms with Gasteiger partial charge in [-0.25, -0.2) is 0 Å². The van der Waals surface area contributed by atoms with E-state index in [1.165, 1.54) is 16.7 Å². The molecule has 1 heterocycles. The Kier molecular flexibility index (Phi) is 5.43. The number of hydrogen-bond acceptors (Lipinski definition) is 2. The summed E-state index contributed by atoms with van der Waals surface area (Å²) < 4.78 is 12.3. The summed E-state index contributed by atoms with van der Waals surface area (Å²) in [4.78, 5) is 0. The van der Waals surface area contributed by atoms with Crippen LogP contribution in [0.3, 0.4) is 0 Å². The summed E-state index contributed by atoms with van der Waals surface area (Å²) in [6, 6.07) is 39.9. The first kappa shape index (κ1) is 18.8. The lowest BCUT2D eigenvalue weighted by molar-refractivity contribution is 0.0672. The molecule has 0 saturated carbocycles. The van der Waals surface area contributed by atoms with Gasteiger partial charge in [-0.3, -0.25) is 0 Å². The highest BCUT2D eigenvalue weighted by Gasteiger charge is 2.40. The Morgan fingerprint density at radius 1 is 0.600 bits per heavy atom. The van der Waals surface area contributed by atoms with Crippen molar-refractivity contribution in [2.75, 3.05) is 6.61 Å². The Balaban J connectivity index is 1.25. The molecule has 0 aromatic heterocycles. The molecule has 2 atom stereocenters. The Bertz CT molecular complexity index is 1020. The highest BCUT2D eigenvalue weighted by molar-refractivity contribution is 5.63. The number of hydrogen-bond donors (Lipinski definition) is 0. The standard InChI is InChI=1S/C28H24O2/c1-4-10-21(11-5-1)22-16-18-25(19-17-22)28-26(30-28)20-29-27(23-12-6-2-7-13-23)24-14-8-3-9-15-24/h1-19,26-28H,20H2/t26-,28-/m0/s1. The molecule has 2 nitrogen and oxygen atoms in total. The van der Waals surface area contributed by atoms with Crippen LogP contribution in [0.5, 0.6) is 0 Å². The quantitative estimate of drug-likeness (QED) is 0.331. The normalized spacial score (nSPS) is 17.8. The summed E-state index contributed by atoms with van der Waals surface area (Å²) in [6.07, 6.45) is 0.127. The second kappa shape index (κ2) is 8.66. The lowest BCUT2D eigenvalue weighted by Gasteiger charge is -2.18. The van der Waals surface area contributed by atoms with Crippen LogP contribution in [0.25, 0.3) is 11.1 Å². The topological polar surface area (TPSA) is 21.8 Å². The molecule has 0 radical (unpaired) electrons. The summed E-state index contributed by atoms with van der Waals surface area (Å²) in [7, 11) is 0. The second-order valence-electron chi connectivity index (χ2n) is 7.62. The van der Waals surface area contributed by atoms with Crippen LogP contribution >= 0.6 is 0 Å². The van der Waals surface area contributed by atoms with Gasteiger partial charge in [-0.2, -0.15) is 0 Å². The van der Waals surface area contributed by atoms with E-state index in [0.29, 0.717) is 6.61 Å². The first-order valence-electron chi connectivity index (χ1n) is 10.4. The third kappa shape index (κ3) is 4.20.